The molecule has 0 saturated carbocycles. The van der Waals surface area contributed by atoms with Crippen molar-refractivity contribution < 1.29 is 5.11 Å². The van der Waals surface area contributed by atoms with Gasteiger partial charge in [0.15, 0.2) is 0 Å². The number of phenolic OH excluding ortho intramolecular Hbond substituents is 1. The van der Waals surface area contributed by atoms with Gasteiger partial charge in [-0.3, -0.25) is 9.36 Å². The van der Waals surface area contributed by atoms with Crippen LogP contribution in [0.4, 0.5) is 0 Å². The number of benzene rings is 2. The third-order valence-electron chi connectivity index (χ3n) is 3.31. The lowest BCUT2D eigenvalue weighted by molar-refractivity contribution is 0.481. The summed E-state index contributed by atoms with van der Waals surface area (Å²) in [5, 5.41) is 11.6. The molecule has 0 atom stereocenters. The van der Waals surface area contributed by atoms with E-state index in [-0.39, 0.29) is 11.3 Å². The fourth-order valence-electron chi connectivity index (χ4n) is 2.37. The van der Waals surface area contributed by atoms with Gasteiger partial charge in [0.05, 0.1) is 5.39 Å². The third kappa shape index (κ3) is 1.96. The van der Waals surface area contributed by atoms with E-state index < -0.39 is 0 Å². The van der Waals surface area contributed by atoms with E-state index in [0.717, 1.165) is 11.3 Å². The van der Waals surface area contributed by atoms with E-state index in [9.17, 15) is 9.90 Å². The largest absolute Gasteiger partial charge is 0.507 e. The number of aromatic nitrogens is 1. The number of hydrogen-bond acceptors (Lipinski definition) is 2. The van der Waals surface area contributed by atoms with E-state index >= 15 is 0 Å². The van der Waals surface area contributed by atoms with Crippen molar-refractivity contribution in [2.45, 2.75) is 6.92 Å². The molecule has 0 radical (unpaired) electrons. The van der Waals surface area contributed by atoms with E-state index in [0.29, 0.717) is 15.8 Å². The topological polar surface area (TPSA) is 42.2 Å². The number of nitrogens with zero attached hydrogens (tertiary/aromatic N) is 1. The zero-order chi connectivity index (χ0) is 14.3. The summed E-state index contributed by atoms with van der Waals surface area (Å²) in [6.07, 6.45) is 1.73. The van der Waals surface area contributed by atoms with Gasteiger partial charge in [0.2, 0.25) is 0 Å². The van der Waals surface area contributed by atoms with Gasteiger partial charge in [-0.1, -0.05) is 17.7 Å². The summed E-state index contributed by atoms with van der Waals surface area (Å²) in [4.78, 5) is 12.5. The first-order valence-electron chi connectivity index (χ1n) is 6.18. The van der Waals surface area contributed by atoms with Crippen LogP contribution < -0.4 is 5.56 Å². The molecular weight excluding hydrogens is 274 g/mol. The van der Waals surface area contributed by atoms with Crippen LogP contribution in [-0.2, 0) is 0 Å². The van der Waals surface area contributed by atoms with E-state index in [4.69, 9.17) is 11.6 Å². The smallest absolute Gasteiger partial charge is 0.263 e. The molecule has 0 unspecified atom stereocenters. The van der Waals surface area contributed by atoms with Crippen LogP contribution in [0.2, 0.25) is 5.02 Å². The Labute approximate surface area is 120 Å². The van der Waals surface area contributed by atoms with Crippen molar-refractivity contribution in [1.82, 2.24) is 4.57 Å². The van der Waals surface area contributed by atoms with Crippen molar-refractivity contribution in [2.24, 2.45) is 0 Å². The molecule has 0 bridgehead atoms. The summed E-state index contributed by atoms with van der Waals surface area (Å²) in [5.74, 6) is 0.125. The summed E-state index contributed by atoms with van der Waals surface area (Å²) in [7, 11) is 0. The molecule has 20 heavy (non-hydrogen) atoms. The van der Waals surface area contributed by atoms with Crippen molar-refractivity contribution in [3.05, 3.63) is 69.6 Å². The molecule has 3 nitrogen and oxygen atoms in total. The fraction of sp³-hybridized carbons (Fsp3) is 0.0625. The van der Waals surface area contributed by atoms with Gasteiger partial charge in [-0.05, 0) is 48.9 Å². The van der Waals surface area contributed by atoms with Gasteiger partial charge in [-0.25, -0.2) is 0 Å². The maximum absolute atomic E-state index is 12.5. The molecular formula is C16H12ClNO2. The van der Waals surface area contributed by atoms with E-state index in [1.165, 1.54) is 0 Å². The summed E-state index contributed by atoms with van der Waals surface area (Å²) in [5.41, 5.74) is 1.42. The maximum atomic E-state index is 12.5. The Bertz CT molecular complexity index is 851. The number of rotatable bonds is 1. The predicted octanol–water partition coefficient (Wildman–Crippen LogP) is 3.66. The molecule has 0 aliphatic carbocycles. The highest BCUT2D eigenvalue weighted by molar-refractivity contribution is 6.30. The first-order valence-corrected chi connectivity index (χ1v) is 6.55. The Morgan fingerprint density at radius 1 is 1.10 bits per heavy atom. The lowest BCUT2D eigenvalue weighted by atomic mass is 10.1. The van der Waals surface area contributed by atoms with Crippen LogP contribution in [0.25, 0.3) is 16.5 Å². The van der Waals surface area contributed by atoms with Crippen LogP contribution in [0.5, 0.6) is 5.75 Å². The van der Waals surface area contributed by atoms with E-state index in [1.54, 1.807) is 53.2 Å². The summed E-state index contributed by atoms with van der Waals surface area (Å²) in [6, 6.07) is 12.0. The molecule has 1 N–H and O–H groups in total. The lowest BCUT2D eigenvalue weighted by Crippen LogP contribution is -2.18. The molecule has 1 heterocycles. The number of halogens is 1. The molecule has 0 amide bonds. The lowest BCUT2D eigenvalue weighted by Gasteiger charge is -2.11. The molecule has 100 valence electrons. The molecule has 4 heteroatoms. The minimum absolute atomic E-state index is 0.125. The predicted molar refractivity (Wildman–Crippen MR) is 81.0 cm³/mol. The summed E-state index contributed by atoms with van der Waals surface area (Å²) in [6.45, 7) is 1.87. The van der Waals surface area contributed by atoms with Gasteiger partial charge in [0.1, 0.15) is 5.75 Å². The van der Waals surface area contributed by atoms with Gasteiger partial charge in [0.25, 0.3) is 5.56 Å². The first kappa shape index (κ1) is 12.8. The first-order chi connectivity index (χ1) is 9.58. The van der Waals surface area contributed by atoms with E-state index in [2.05, 4.69) is 0 Å². The second kappa shape index (κ2) is 4.69. The van der Waals surface area contributed by atoms with Crippen molar-refractivity contribution in [2.75, 3.05) is 0 Å². The quantitative estimate of drug-likeness (QED) is 0.741. The third-order valence-corrected chi connectivity index (χ3v) is 3.57. The molecule has 3 rings (SSSR count). The summed E-state index contributed by atoms with van der Waals surface area (Å²) < 4.78 is 1.56. The SMILES string of the molecule is Cc1cn(-c2ccc(Cl)cc2)c(=O)c2cccc(O)c12. The Hall–Kier alpha value is -2.26. The second-order valence-electron chi connectivity index (χ2n) is 4.66. The van der Waals surface area contributed by atoms with Gasteiger partial charge >= 0.3 is 0 Å². The highest BCUT2D eigenvalue weighted by Gasteiger charge is 2.10. The van der Waals surface area contributed by atoms with Gasteiger partial charge < -0.3 is 5.11 Å². The van der Waals surface area contributed by atoms with Crippen LogP contribution in [-0.4, -0.2) is 9.67 Å². The Kier molecular flexibility index (Phi) is 2.99. The van der Waals surface area contributed by atoms with Crippen LogP contribution in [0.1, 0.15) is 5.56 Å². The van der Waals surface area contributed by atoms with Gasteiger partial charge in [-0.2, -0.15) is 0 Å². The number of phenols is 1. The number of aryl methyl sites for hydroxylation is 1. The van der Waals surface area contributed by atoms with Crippen molar-refractivity contribution in [1.29, 1.82) is 0 Å². The Morgan fingerprint density at radius 2 is 1.80 bits per heavy atom. The highest BCUT2D eigenvalue weighted by Crippen LogP contribution is 2.26. The van der Waals surface area contributed by atoms with Crippen LogP contribution in [0.3, 0.4) is 0 Å². The van der Waals surface area contributed by atoms with Crippen LogP contribution in [0.15, 0.2) is 53.5 Å². The molecule has 0 aliphatic rings. The number of aromatic hydroxyl groups is 1. The van der Waals surface area contributed by atoms with Crippen molar-refractivity contribution in [3.8, 4) is 11.4 Å². The average Bonchev–Trinajstić information content (AvgIpc) is 2.44. The van der Waals surface area contributed by atoms with Crippen molar-refractivity contribution >= 4 is 22.4 Å². The standard InChI is InChI=1S/C16H12ClNO2/c1-10-9-18(12-7-5-11(17)6-8-12)16(20)13-3-2-4-14(19)15(10)13/h2-9,19H,1H3. The molecule has 3 aromatic rings. The van der Waals surface area contributed by atoms with Gasteiger partial charge in [-0.15, -0.1) is 0 Å². The average molecular weight is 286 g/mol. The van der Waals surface area contributed by atoms with E-state index in [1.807, 2.05) is 6.92 Å². The minimum atomic E-state index is -0.163. The molecule has 0 aliphatic heterocycles. The van der Waals surface area contributed by atoms with Crippen LogP contribution >= 0.6 is 11.6 Å². The second-order valence-corrected chi connectivity index (χ2v) is 5.10. The fourth-order valence-corrected chi connectivity index (χ4v) is 2.50. The summed E-state index contributed by atoms with van der Waals surface area (Å²) >= 11 is 5.87. The van der Waals surface area contributed by atoms with Crippen molar-refractivity contribution in [3.63, 3.8) is 0 Å². The minimum Gasteiger partial charge on any atom is -0.507 e. The molecule has 1 aromatic heterocycles. The molecule has 2 aromatic carbocycles. The monoisotopic (exact) mass is 285 g/mol. The molecule has 0 spiro atoms. The molecule has 0 fully saturated rings. The number of hydrogen-bond donors (Lipinski definition) is 1. The normalized spacial score (nSPS) is 10.9. The number of fused-ring (bicyclic) bond motifs is 1. The van der Waals surface area contributed by atoms with Crippen LogP contribution in [0, 0.1) is 6.92 Å². The number of pyridine rings is 1. The Balaban J connectivity index is 2.36. The Morgan fingerprint density at radius 3 is 2.50 bits per heavy atom. The maximum Gasteiger partial charge on any atom is 0.263 e. The zero-order valence-electron chi connectivity index (χ0n) is 10.8. The zero-order valence-corrected chi connectivity index (χ0v) is 11.6. The highest BCUT2D eigenvalue weighted by atomic mass is 35.5. The van der Waals surface area contributed by atoms with Gasteiger partial charge in [0, 0.05) is 22.3 Å². The molecule has 0 saturated heterocycles.